The Hall–Kier alpha value is -4.27. The van der Waals surface area contributed by atoms with Gasteiger partial charge < -0.3 is 15.1 Å². The number of hydrogen-bond donors (Lipinski definition) is 1. The molecule has 0 bridgehead atoms. The van der Waals surface area contributed by atoms with Crippen LogP contribution in [-0.4, -0.2) is 51.3 Å². The Morgan fingerprint density at radius 1 is 0.972 bits per heavy atom. The molecule has 3 aromatic carbocycles. The SMILES string of the molecule is CN(C)c1ccc(NC(=O)C(C)(C)N(Cc2ccc(F)cc2)C(=O)Cn2nnc3ccccc32)cc1. The van der Waals surface area contributed by atoms with E-state index < -0.39 is 5.54 Å². The number of fused-ring (bicyclic) bond motifs is 1. The molecular formula is C27H29FN6O2. The molecule has 9 heteroatoms. The van der Waals surface area contributed by atoms with Gasteiger partial charge in [0.15, 0.2) is 0 Å². The molecule has 0 unspecified atom stereocenters. The molecule has 0 saturated heterocycles. The van der Waals surface area contributed by atoms with Crippen molar-refractivity contribution in [3.8, 4) is 0 Å². The number of aromatic nitrogens is 3. The second-order valence-corrected chi connectivity index (χ2v) is 9.30. The minimum Gasteiger partial charge on any atom is -0.378 e. The van der Waals surface area contributed by atoms with Gasteiger partial charge in [0, 0.05) is 32.0 Å². The van der Waals surface area contributed by atoms with Gasteiger partial charge in [0.25, 0.3) is 0 Å². The number of carbonyl (C=O) groups is 2. The second-order valence-electron chi connectivity index (χ2n) is 9.30. The van der Waals surface area contributed by atoms with Crippen molar-refractivity contribution >= 4 is 34.2 Å². The van der Waals surface area contributed by atoms with Gasteiger partial charge in [-0.1, -0.05) is 29.5 Å². The van der Waals surface area contributed by atoms with E-state index in [4.69, 9.17) is 0 Å². The zero-order valence-electron chi connectivity index (χ0n) is 20.8. The first-order valence-electron chi connectivity index (χ1n) is 11.6. The smallest absolute Gasteiger partial charge is 0.249 e. The van der Waals surface area contributed by atoms with Crippen molar-refractivity contribution in [1.82, 2.24) is 19.9 Å². The molecule has 186 valence electrons. The molecule has 36 heavy (non-hydrogen) atoms. The first kappa shape index (κ1) is 24.8. The zero-order chi connectivity index (χ0) is 25.9. The van der Waals surface area contributed by atoms with E-state index in [2.05, 4.69) is 15.6 Å². The topological polar surface area (TPSA) is 83.4 Å². The van der Waals surface area contributed by atoms with Crippen LogP contribution < -0.4 is 10.2 Å². The molecule has 0 radical (unpaired) electrons. The summed E-state index contributed by atoms with van der Waals surface area (Å²) in [6.45, 7) is 3.40. The van der Waals surface area contributed by atoms with Crippen LogP contribution in [0, 0.1) is 5.82 Å². The van der Waals surface area contributed by atoms with Crippen LogP contribution in [0.2, 0.25) is 0 Å². The third-order valence-electron chi connectivity index (χ3n) is 6.13. The van der Waals surface area contributed by atoms with E-state index in [0.717, 1.165) is 11.2 Å². The van der Waals surface area contributed by atoms with Crippen LogP contribution in [0.1, 0.15) is 19.4 Å². The summed E-state index contributed by atoms with van der Waals surface area (Å²) in [5.41, 5.74) is 2.48. The number of nitrogens with zero attached hydrogens (tertiary/aromatic N) is 5. The van der Waals surface area contributed by atoms with Gasteiger partial charge in [0.05, 0.1) is 5.52 Å². The van der Waals surface area contributed by atoms with E-state index in [0.29, 0.717) is 16.8 Å². The van der Waals surface area contributed by atoms with E-state index in [9.17, 15) is 14.0 Å². The van der Waals surface area contributed by atoms with Gasteiger partial charge in [-0.3, -0.25) is 9.59 Å². The molecule has 2 amide bonds. The summed E-state index contributed by atoms with van der Waals surface area (Å²) in [6.07, 6.45) is 0. The average molecular weight is 489 g/mol. The Balaban J connectivity index is 1.60. The maximum Gasteiger partial charge on any atom is 0.249 e. The molecular weight excluding hydrogens is 459 g/mol. The predicted octanol–water partition coefficient (Wildman–Crippen LogP) is 4.08. The second kappa shape index (κ2) is 10.2. The maximum atomic E-state index is 13.6. The third-order valence-corrected chi connectivity index (χ3v) is 6.13. The maximum absolute atomic E-state index is 13.6. The van der Waals surface area contributed by atoms with Gasteiger partial charge in [-0.05, 0) is 67.9 Å². The highest BCUT2D eigenvalue weighted by Crippen LogP contribution is 2.23. The molecule has 0 saturated carbocycles. The van der Waals surface area contributed by atoms with Crippen LogP contribution in [0.5, 0.6) is 0 Å². The van der Waals surface area contributed by atoms with Crippen LogP contribution in [0.4, 0.5) is 15.8 Å². The Kier molecular flexibility index (Phi) is 7.00. The number of rotatable bonds is 8. The van der Waals surface area contributed by atoms with Gasteiger partial charge in [-0.25, -0.2) is 9.07 Å². The molecule has 8 nitrogen and oxygen atoms in total. The number of anilines is 2. The number of amides is 2. The van der Waals surface area contributed by atoms with Crippen LogP contribution >= 0.6 is 0 Å². The quantitative estimate of drug-likeness (QED) is 0.404. The standard InChI is InChI=1S/C27H29FN6O2/c1-27(2,26(36)29-21-13-15-22(16-14-21)32(3)4)33(17-19-9-11-20(28)12-10-19)25(35)18-34-24-8-6-5-7-23(24)30-31-34/h5-16H,17-18H2,1-4H3,(H,29,36). The molecule has 0 atom stereocenters. The number of carbonyl (C=O) groups excluding carboxylic acids is 2. The van der Waals surface area contributed by atoms with Crippen molar-refractivity contribution in [1.29, 1.82) is 0 Å². The van der Waals surface area contributed by atoms with Gasteiger partial charge in [0.2, 0.25) is 11.8 Å². The largest absolute Gasteiger partial charge is 0.378 e. The van der Waals surface area contributed by atoms with E-state index in [1.165, 1.54) is 21.7 Å². The monoisotopic (exact) mass is 488 g/mol. The minimum atomic E-state index is -1.23. The number of para-hydroxylation sites is 1. The predicted molar refractivity (Wildman–Crippen MR) is 138 cm³/mol. The highest BCUT2D eigenvalue weighted by atomic mass is 19.1. The Morgan fingerprint density at radius 3 is 2.31 bits per heavy atom. The number of nitrogens with one attached hydrogen (secondary N) is 1. The van der Waals surface area contributed by atoms with Crippen molar-refractivity contribution < 1.29 is 14.0 Å². The van der Waals surface area contributed by atoms with Crippen molar-refractivity contribution in [2.75, 3.05) is 24.3 Å². The molecule has 0 aliphatic heterocycles. The van der Waals surface area contributed by atoms with Crippen LogP contribution in [0.15, 0.2) is 72.8 Å². The molecule has 4 rings (SSSR count). The normalized spacial score (nSPS) is 11.4. The summed E-state index contributed by atoms with van der Waals surface area (Å²) < 4.78 is 15.0. The van der Waals surface area contributed by atoms with Gasteiger partial charge >= 0.3 is 0 Å². The summed E-state index contributed by atoms with van der Waals surface area (Å²) in [7, 11) is 3.88. The Labute approximate surface area is 209 Å². The number of benzene rings is 3. The fourth-order valence-electron chi connectivity index (χ4n) is 3.87. The highest BCUT2D eigenvalue weighted by Gasteiger charge is 2.38. The van der Waals surface area contributed by atoms with Crippen LogP contribution in [0.25, 0.3) is 11.0 Å². The van der Waals surface area contributed by atoms with E-state index in [-0.39, 0.29) is 30.7 Å². The molecule has 0 aliphatic carbocycles. The number of halogens is 1. The lowest BCUT2D eigenvalue weighted by Crippen LogP contribution is -2.55. The summed E-state index contributed by atoms with van der Waals surface area (Å²) in [4.78, 5) is 30.5. The number of hydrogen-bond acceptors (Lipinski definition) is 5. The van der Waals surface area contributed by atoms with Gasteiger partial charge in [-0.15, -0.1) is 5.10 Å². The molecule has 0 aliphatic rings. The van der Waals surface area contributed by atoms with Crippen LogP contribution in [-0.2, 0) is 22.7 Å². The van der Waals surface area contributed by atoms with E-state index in [1.54, 1.807) is 26.0 Å². The first-order chi connectivity index (χ1) is 17.1. The fourth-order valence-corrected chi connectivity index (χ4v) is 3.87. The zero-order valence-corrected chi connectivity index (χ0v) is 20.8. The summed E-state index contributed by atoms with van der Waals surface area (Å²) >= 11 is 0. The van der Waals surface area contributed by atoms with Crippen molar-refractivity contribution in [2.24, 2.45) is 0 Å². The summed E-state index contributed by atoms with van der Waals surface area (Å²) in [6, 6.07) is 20.7. The van der Waals surface area contributed by atoms with E-state index in [1.807, 2.05) is 67.5 Å². The summed E-state index contributed by atoms with van der Waals surface area (Å²) in [5, 5.41) is 11.2. The van der Waals surface area contributed by atoms with Crippen molar-refractivity contribution in [3.05, 3.63) is 84.2 Å². The first-order valence-corrected chi connectivity index (χ1v) is 11.6. The highest BCUT2D eigenvalue weighted by molar-refractivity contribution is 6.00. The van der Waals surface area contributed by atoms with Crippen LogP contribution in [0.3, 0.4) is 0 Å². The molecule has 0 fully saturated rings. The van der Waals surface area contributed by atoms with E-state index >= 15 is 0 Å². The molecule has 0 spiro atoms. The fraction of sp³-hybridized carbons (Fsp3) is 0.259. The summed E-state index contributed by atoms with van der Waals surface area (Å²) in [5.74, 6) is -1.04. The molecule has 1 heterocycles. The molecule has 4 aromatic rings. The molecule has 1 aromatic heterocycles. The van der Waals surface area contributed by atoms with Gasteiger partial charge in [-0.2, -0.15) is 0 Å². The van der Waals surface area contributed by atoms with Crippen molar-refractivity contribution in [2.45, 2.75) is 32.5 Å². The van der Waals surface area contributed by atoms with Crippen molar-refractivity contribution in [3.63, 3.8) is 0 Å². The lowest BCUT2D eigenvalue weighted by molar-refractivity contribution is -0.145. The average Bonchev–Trinajstić information content (AvgIpc) is 3.26. The Bertz CT molecular complexity index is 1360. The lowest BCUT2D eigenvalue weighted by Gasteiger charge is -2.37. The Morgan fingerprint density at radius 2 is 1.64 bits per heavy atom. The minimum absolute atomic E-state index is 0.101. The lowest BCUT2D eigenvalue weighted by atomic mass is 9.99. The molecule has 1 N–H and O–H groups in total. The third kappa shape index (κ3) is 5.35. The van der Waals surface area contributed by atoms with Gasteiger partial charge in [0.1, 0.15) is 23.4 Å².